The third kappa shape index (κ3) is 2.41. The summed E-state index contributed by atoms with van der Waals surface area (Å²) in [6.07, 6.45) is 2.06. The van der Waals surface area contributed by atoms with Crippen molar-refractivity contribution in [3.05, 3.63) is 0 Å². The average molecular weight is 188 g/mol. The van der Waals surface area contributed by atoms with Gasteiger partial charge in [-0.1, -0.05) is 0 Å². The van der Waals surface area contributed by atoms with E-state index in [1.165, 1.54) is 0 Å². The van der Waals surface area contributed by atoms with E-state index in [0.29, 0.717) is 0 Å². The van der Waals surface area contributed by atoms with Crippen LogP contribution < -0.4 is 5.73 Å². The molecule has 0 amide bonds. The number of hydrogen-bond donors (Lipinski definition) is 1. The normalized spacial score (nSPS) is 32.5. The first-order valence-corrected chi connectivity index (χ1v) is 5.07. The Hall–Kier alpha value is -0.150. The molecule has 0 aromatic rings. The van der Waals surface area contributed by atoms with Crippen molar-refractivity contribution in [2.24, 2.45) is 11.7 Å². The van der Waals surface area contributed by atoms with Crippen LogP contribution in [0.5, 0.6) is 0 Å². The highest BCUT2D eigenvalue weighted by atomic mass is 19.1. The predicted octanol–water partition coefficient (Wildman–Crippen LogP) is 1.40. The number of likely N-dealkylation sites (tertiary alicyclic amines) is 1. The Balaban J connectivity index is 2.59. The summed E-state index contributed by atoms with van der Waals surface area (Å²) in [6, 6.07) is -0.371. The predicted molar refractivity (Wildman–Crippen MR) is 53.4 cm³/mol. The molecule has 3 unspecified atom stereocenters. The first-order chi connectivity index (χ1) is 5.94. The summed E-state index contributed by atoms with van der Waals surface area (Å²) in [5.41, 5.74) is 4.44. The Bertz CT molecular complexity index is 168. The van der Waals surface area contributed by atoms with Gasteiger partial charge in [0.2, 0.25) is 0 Å². The van der Waals surface area contributed by atoms with Crippen molar-refractivity contribution in [3.63, 3.8) is 0 Å². The number of hydrogen-bond acceptors (Lipinski definition) is 2. The van der Waals surface area contributed by atoms with Gasteiger partial charge in [-0.2, -0.15) is 0 Å². The van der Waals surface area contributed by atoms with Gasteiger partial charge in [-0.25, -0.2) is 4.39 Å². The van der Waals surface area contributed by atoms with Crippen LogP contribution in [0, 0.1) is 5.92 Å². The quantitative estimate of drug-likeness (QED) is 0.710. The second-order valence-electron chi connectivity index (χ2n) is 4.54. The number of alkyl halides is 1. The van der Waals surface area contributed by atoms with E-state index in [9.17, 15) is 4.39 Å². The van der Waals surface area contributed by atoms with Gasteiger partial charge in [-0.15, -0.1) is 0 Å². The molecule has 1 saturated heterocycles. The minimum absolute atomic E-state index is 0.103. The van der Waals surface area contributed by atoms with Crippen molar-refractivity contribution in [3.8, 4) is 0 Å². The van der Waals surface area contributed by atoms with Gasteiger partial charge in [0.15, 0.2) is 0 Å². The molecule has 0 aromatic heterocycles. The molecule has 1 aliphatic rings. The SMILES string of the molecule is CC(N)C(C)(F)C1CCCN(C)C1. The van der Waals surface area contributed by atoms with E-state index in [2.05, 4.69) is 4.90 Å². The topological polar surface area (TPSA) is 29.3 Å². The summed E-state index contributed by atoms with van der Waals surface area (Å²) in [5, 5.41) is 0. The first-order valence-electron chi connectivity index (χ1n) is 5.07. The van der Waals surface area contributed by atoms with E-state index in [1.54, 1.807) is 13.8 Å². The molecule has 78 valence electrons. The summed E-state index contributed by atoms with van der Waals surface area (Å²) >= 11 is 0. The minimum atomic E-state index is -1.21. The lowest BCUT2D eigenvalue weighted by molar-refractivity contribution is 0.0311. The lowest BCUT2D eigenvalue weighted by atomic mass is 9.80. The molecule has 2 N–H and O–H groups in total. The number of piperidine rings is 1. The van der Waals surface area contributed by atoms with E-state index in [0.717, 1.165) is 25.9 Å². The molecular formula is C10H21FN2. The van der Waals surface area contributed by atoms with Gasteiger partial charge >= 0.3 is 0 Å². The summed E-state index contributed by atoms with van der Waals surface area (Å²) in [6.45, 7) is 5.33. The third-order valence-electron chi connectivity index (χ3n) is 3.31. The van der Waals surface area contributed by atoms with Gasteiger partial charge in [0.25, 0.3) is 0 Å². The lowest BCUT2D eigenvalue weighted by Gasteiger charge is -2.39. The van der Waals surface area contributed by atoms with Gasteiger partial charge < -0.3 is 10.6 Å². The fraction of sp³-hybridized carbons (Fsp3) is 1.00. The maximum atomic E-state index is 14.1. The summed E-state index contributed by atoms with van der Waals surface area (Å²) in [4.78, 5) is 2.19. The molecular weight excluding hydrogens is 167 g/mol. The molecule has 0 radical (unpaired) electrons. The molecule has 3 atom stereocenters. The van der Waals surface area contributed by atoms with E-state index >= 15 is 0 Å². The Labute approximate surface area is 80.3 Å². The Morgan fingerprint density at radius 2 is 2.23 bits per heavy atom. The molecule has 3 heteroatoms. The fourth-order valence-electron chi connectivity index (χ4n) is 2.00. The highest BCUT2D eigenvalue weighted by Crippen LogP contribution is 2.31. The maximum Gasteiger partial charge on any atom is 0.127 e. The van der Waals surface area contributed by atoms with Crippen molar-refractivity contribution < 1.29 is 4.39 Å². The van der Waals surface area contributed by atoms with Crippen LogP contribution >= 0.6 is 0 Å². The molecule has 1 fully saturated rings. The summed E-state index contributed by atoms with van der Waals surface area (Å²) < 4.78 is 14.1. The van der Waals surface area contributed by atoms with Crippen LogP contribution in [0.3, 0.4) is 0 Å². The minimum Gasteiger partial charge on any atom is -0.325 e. The first kappa shape index (κ1) is 10.9. The molecule has 1 rings (SSSR count). The van der Waals surface area contributed by atoms with Gasteiger partial charge in [0, 0.05) is 18.5 Å². The van der Waals surface area contributed by atoms with E-state index in [-0.39, 0.29) is 12.0 Å². The number of halogens is 1. The van der Waals surface area contributed by atoms with Crippen LogP contribution in [-0.2, 0) is 0 Å². The number of rotatable bonds is 2. The van der Waals surface area contributed by atoms with Gasteiger partial charge in [-0.05, 0) is 40.3 Å². The molecule has 13 heavy (non-hydrogen) atoms. The monoisotopic (exact) mass is 188 g/mol. The van der Waals surface area contributed by atoms with Crippen LogP contribution in [0.25, 0.3) is 0 Å². The highest BCUT2D eigenvalue weighted by molar-refractivity contribution is 4.92. The zero-order valence-corrected chi connectivity index (χ0v) is 8.89. The molecule has 1 aliphatic heterocycles. The van der Waals surface area contributed by atoms with Gasteiger partial charge in [-0.3, -0.25) is 0 Å². The van der Waals surface area contributed by atoms with Crippen LogP contribution in [0.1, 0.15) is 26.7 Å². The summed E-state index contributed by atoms with van der Waals surface area (Å²) in [5.74, 6) is 0.103. The zero-order valence-electron chi connectivity index (χ0n) is 8.89. The van der Waals surface area contributed by atoms with Crippen LogP contribution in [0.4, 0.5) is 4.39 Å². The van der Waals surface area contributed by atoms with Crippen molar-refractivity contribution in [1.82, 2.24) is 4.90 Å². The number of nitrogens with zero attached hydrogens (tertiary/aromatic N) is 1. The Morgan fingerprint density at radius 1 is 1.62 bits per heavy atom. The average Bonchev–Trinajstić information content (AvgIpc) is 2.04. The molecule has 0 spiro atoms. The van der Waals surface area contributed by atoms with Crippen LogP contribution in [0.2, 0.25) is 0 Å². The van der Waals surface area contributed by atoms with E-state index in [1.807, 2.05) is 7.05 Å². The standard InChI is InChI=1S/C10H21FN2/c1-8(12)10(2,11)9-5-4-6-13(3)7-9/h8-9H,4-7,12H2,1-3H3. The molecule has 2 nitrogen and oxygen atoms in total. The summed E-state index contributed by atoms with van der Waals surface area (Å²) in [7, 11) is 2.05. The number of nitrogens with two attached hydrogens (primary N) is 1. The third-order valence-corrected chi connectivity index (χ3v) is 3.31. The smallest absolute Gasteiger partial charge is 0.127 e. The second kappa shape index (κ2) is 3.93. The largest absolute Gasteiger partial charge is 0.325 e. The molecule has 1 heterocycles. The van der Waals surface area contributed by atoms with Crippen LogP contribution in [0.15, 0.2) is 0 Å². The second-order valence-corrected chi connectivity index (χ2v) is 4.54. The van der Waals surface area contributed by atoms with E-state index < -0.39 is 5.67 Å². The molecule has 0 aromatic carbocycles. The van der Waals surface area contributed by atoms with Gasteiger partial charge in [0.1, 0.15) is 5.67 Å². The fourth-order valence-corrected chi connectivity index (χ4v) is 2.00. The van der Waals surface area contributed by atoms with Crippen molar-refractivity contribution in [1.29, 1.82) is 0 Å². The van der Waals surface area contributed by atoms with Crippen molar-refractivity contribution >= 4 is 0 Å². The molecule has 0 bridgehead atoms. The Kier molecular flexibility index (Phi) is 3.30. The molecule has 0 saturated carbocycles. The van der Waals surface area contributed by atoms with Gasteiger partial charge in [0.05, 0.1) is 0 Å². The Morgan fingerprint density at radius 3 is 2.69 bits per heavy atom. The highest BCUT2D eigenvalue weighted by Gasteiger charge is 2.39. The van der Waals surface area contributed by atoms with Crippen LogP contribution in [-0.4, -0.2) is 36.7 Å². The zero-order chi connectivity index (χ0) is 10.1. The molecule has 0 aliphatic carbocycles. The maximum absolute atomic E-state index is 14.1. The lowest BCUT2D eigenvalue weighted by Crippen LogP contribution is -2.51. The van der Waals surface area contributed by atoms with Crippen molar-refractivity contribution in [2.75, 3.05) is 20.1 Å². The van der Waals surface area contributed by atoms with E-state index in [4.69, 9.17) is 5.73 Å². The van der Waals surface area contributed by atoms with Crippen molar-refractivity contribution in [2.45, 2.75) is 38.4 Å².